The summed E-state index contributed by atoms with van der Waals surface area (Å²) in [6, 6.07) is 9.31. The van der Waals surface area contributed by atoms with Gasteiger partial charge in [-0.1, -0.05) is 18.2 Å². The predicted molar refractivity (Wildman–Crippen MR) is 81.2 cm³/mol. The Labute approximate surface area is 128 Å². The lowest BCUT2D eigenvalue weighted by molar-refractivity contribution is -0.132. The molecule has 2 N–H and O–H groups in total. The maximum absolute atomic E-state index is 12.1. The quantitative estimate of drug-likeness (QED) is 0.600. The zero-order valence-corrected chi connectivity index (χ0v) is 12.8. The van der Waals surface area contributed by atoms with Crippen molar-refractivity contribution >= 4 is 5.96 Å². The summed E-state index contributed by atoms with van der Waals surface area (Å²) in [5, 5.41) is 5.56. The molecule has 0 aliphatic rings. The van der Waals surface area contributed by atoms with E-state index in [1.165, 1.54) is 0 Å². The number of halogens is 3. The van der Waals surface area contributed by atoms with Gasteiger partial charge in [-0.25, -0.2) is 4.99 Å². The third-order valence-electron chi connectivity index (χ3n) is 2.63. The third-order valence-corrected chi connectivity index (χ3v) is 2.63. The normalized spacial score (nSPS) is 13.6. The third kappa shape index (κ3) is 8.39. The van der Waals surface area contributed by atoms with Crippen molar-refractivity contribution in [2.75, 3.05) is 19.6 Å². The van der Waals surface area contributed by atoms with Crippen LogP contribution in [0.4, 0.5) is 13.2 Å². The summed E-state index contributed by atoms with van der Waals surface area (Å²) in [7, 11) is 0. The van der Waals surface area contributed by atoms with Crippen LogP contribution in [-0.2, 0) is 0 Å². The van der Waals surface area contributed by atoms with Crippen molar-refractivity contribution in [1.82, 2.24) is 10.6 Å². The van der Waals surface area contributed by atoms with Crippen LogP contribution in [0.2, 0.25) is 0 Å². The van der Waals surface area contributed by atoms with Crippen LogP contribution < -0.4 is 15.4 Å². The minimum absolute atomic E-state index is 0.180. The van der Waals surface area contributed by atoms with Crippen molar-refractivity contribution in [1.29, 1.82) is 0 Å². The molecular weight excluding hydrogens is 295 g/mol. The minimum Gasteiger partial charge on any atom is -0.489 e. The van der Waals surface area contributed by atoms with Crippen LogP contribution >= 0.6 is 0 Å². The highest BCUT2D eigenvalue weighted by Gasteiger charge is 2.26. The van der Waals surface area contributed by atoms with Gasteiger partial charge in [-0.2, -0.15) is 13.2 Å². The van der Waals surface area contributed by atoms with Gasteiger partial charge in [-0.15, -0.1) is 0 Å². The van der Waals surface area contributed by atoms with E-state index in [-0.39, 0.29) is 12.6 Å². The van der Waals surface area contributed by atoms with E-state index in [1.54, 1.807) is 0 Å². The highest BCUT2D eigenvalue weighted by molar-refractivity contribution is 5.79. The number of para-hydroxylation sites is 1. The average Bonchev–Trinajstić information content (AvgIpc) is 2.44. The zero-order valence-electron chi connectivity index (χ0n) is 12.8. The second-order valence-corrected chi connectivity index (χ2v) is 4.75. The Morgan fingerprint density at radius 2 is 1.91 bits per heavy atom. The number of guanidine groups is 1. The highest BCUT2D eigenvalue weighted by Crippen LogP contribution is 2.18. The molecule has 0 spiro atoms. The Morgan fingerprint density at radius 1 is 1.23 bits per heavy atom. The zero-order chi connectivity index (χ0) is 16.4. The SMILES string of the molecule is CCNC(=NCC(C)Oc1ccccc1)NCCC(F)(F)F. The molecule has 0 heterocycles. The van der Waals surface area contributed by atoms with E-state index in [0.717, 1.165) is 5.75 Å². The van der Waals surface area contributed by atoms with Crippen LogP contribution in [0.1, 0.15) is 20.3 Å². The van der Waals surface area contributed by atoms with E-state index >= 15 is 0 Å². The predicted octanol–water partition coefficient (Wildman–Crippen LogP) is 2.96. The van der Waals surface area contributed by atoms with Crippen LogP contribution in [0.5, 0.6) is 5.75 Å². The van der Waals surface area contributed by atoms with Gasteiger partial charge in [0.25, 0.3) is 0 Å². The molecule has 1 unspecified atom stereocenters. The van der Waals surface area contributed by atoms with E-state index < -0.39 is 12.6 Å². The first-order valence-corrected chi connectivity index (χ1v) is 7.21. The van der Waals surface area contributed by atoms with Crippen molar-refractivity contribution in [3.63, 3.8) is 0 Å². The number of aliphatic imine (C=N–C) groups is 1. The molecule has 124 valence electrons. The van der Waals surface area contributed by atoms with Gasteiger partial charge in [0, 0.05) is 13.1 Å². The summed E-state index contributed by atoms with van der Waals surface area (Å²) in [5.41, 5.74) is 0. The standard InChI is InChI=1S/C15H22F3N3O/c1-3-19-14(20-10-9-15(16,17)18)21-11-12(2)22-13-7-5-4-6-8-13/h4-8,12H,3,9-11H2,1-2H3,(H2,19,20,21). The molecule has 7 heteroatoms. The van der Waals surface area contributed by atoms with Crippen molar-refractivity contribution in [2.24, 2.45) is 4.99 Å². The number of benzene rings is 1. The lowest BCUT2D eigenvalue weighted by atomic mass is 10.3. The molecule has 0 fully saturated rings. The molecule has 0 bridgehead atoms. The fourth-order valence-electron chi connectivity index (χ4n) is 1.65. The van der Waals surface area contributed by atoms with Gasteiger partial charge in [-0.05, 0) is 26.0 Å². The molecule has 0 radical (unpaired) electrons. The van der Waals surface area contributed by atoms with Crippen LogP contribution in [0.3, 0.4) is 0 Å². The van der Waals surface area contributed by atoms with Crippen LogP contribution in [0.25, 0.3) is 0 Å². The number of ether oxygens (including phenoxy) is 1. The smallest absolute Gasteiger partial charge is 0.390 e. The number of rotatable bonds is 7. The number of nitrogens with one attached hydrogen (secondary N) is 2. The molecule has 0 aliphatic heterocycles. The first kappa shape index (κ1) is 18.1. The molecule has 0 saturated carbocycles. The molecule has 4 nitrogen and oxygen atoms in total. The summed E-state index contributed by atoms with van der Waals surface area (Å²) < 4.78 is 42.0. The number of nitrogens with zero attached hydrogens (tertiary/aromatic N) is 1. The van der Waals surface area contributed by atoms with Gasteiger partial charge in [0.2, 0.25) is 0 Å². The monoisotopic (exact) mass is 317 g/mol. The molecular formula is C15H22F3N3O. The lowest BCUT2D eigenvalue weighted by Crippen LogP contribution is -2.39. The van der Waals surface area contributed by atoms with E-state index in [9.17, 15) is 13.2 Å². The topological polar surface area (TPSA) is 45.7 Å². The largest absolute Gasteiger partial charge is 0.489 e. The van der Waals surface area contributed by atoms with E-state index in [2.05, 4.69) is 15.6 Å². The molecule has 0 amide bonds. The maximum atomic E-state index is 12.1. The van der Waals surface area contributed by atoms with E-state index in [1.807, 2.05) is 44.2 Å². The Hall–Kier alpha value is -1.92. The first-order valence-electron chi connectivity index (χ1n) is 7.21. The summed E-state index contributed by atoms with van der Waals surface area (Å²) in [4.78, 5) is 4.23. The molecule has 0 aliphatic carbocycles. The fraction of sp³-hybridized carbons (Fsp3) is 0.533. The van der Waals surface area contributed by atoms with Gasteiger partial charge < -0.3 is 15.4 Å². The van der Waals surface area contributed by atoms with Crippen LogP contribution in [0, 0.1) is 0 Å². The van der Waals surface area contributed by atoms with Crippen molar-refractivity contribution in [3.05, 3.63) is 30.3 Å². The molecule has 1 rings (SSSR count). The Bertz CT molecular complexity index is 449. The number of alkyl halides is 3. The van der Waals surface area contributed by atoms with Crippen molar-refractivity contribution in [2.45, 2.75) is 32.5 Å². The van der Waals surface area contributed by atoms with E-state index in [0.29, 0.717) is 19.0 Å². The summed E-state index contributed by atoms with van der Waals surface area (Å²) in [6.45, 7) is 4.42. The highest BCUT2D eigenvalue weighted by atomic mass is 19.4. The molecule has 0 aromatic heterocycles. The van der Waals surface area contributed by atoms with E-state index in [4.69, 9.17) is 4.74 Å². The Kier molecular flexibility index (Phi) is 7.56. The summed E-state index contributed by atoms with van der Waals surface area (Å²) in [5.74, 6) is 1.09. The molecule has 0 saturated heterocycles. The first-order chi connectivity index (χ1) is 10.4. The van der Waals surface area contributed by atoms with Crippen molar-refractivity contribution < 1.29 is 17.9 Å². The summed E-state index contributed by atoms with van der Waals surface area (Å²) >= 11 is 0. The molecule has 1 atom stereocenters. The number of hydrogen-bond acceptors (Lipinski definition) is 2. The Morgan fingerprint density at radius 3 is 2.50 bits per heavy atom. The van der Waals surface area contributed by atoms with Crippen LogP contribution in [0.15, 0.2) is 35.3 Å². The Balaban J connectivity index is 2.43. The lowest BCUT2D eigenvalue weighted by Gasteiger charge is -2.15. The second-order valence-electron chi connectivity index (χ2n) is 4.75. The van der Waals surface area contributed by atoms with Gasteiger partial charge in [-0.3, -0.25) is 0 Å². The van der Waals surface area contributed by atoms with Gasteiger partial charge >= 0.3 is 6.18 Å². The van der Waals surface area contributed by atoms with Crippen molar-refractivity contribution in [3.8, 4) is 5.75 Å². The fourth-order valence-corrected chi connectivity index (χ4v) is 1.65. The molecule has 1 aromatic carbocycles. The maximum Gasteiger partial charge on any atom is 0.390 e. The van der Waals surface area contributed by atoms with Gasteiger partial charge in [0.15, 0.2) is 5.96 Å². The van der Waals surface area contributed by atoms with Crippen LogP contribution in [-0.4, -0.2) is 37.9 Å². The minimum atomic E-state index is -4.17. The summed E-state index contributed by atoms with van der Waals surface area (Å²) in [6.07, 6.45) is -5.25. The number of hydrogen-bond donors (Lipinski definition) is 2. The molecule has 22 heavy (non-hydrogen) atoms. The second kappa shape index (κ2) is 9.17. The average molecular weight is 317 g/mol. The molecule has 1 aromatic rings. The van der Waals surface area contributed by atoms with Gasteiger partial charge in [0.05, 0.1) is 13.0 Å². The van der Waals surface area contributed by atoms with Gasteiger partial charge in [0.1, 0.15) is 11.9 Å².